The van der Waals surface area contributed by atoms with Crippen LogP contribution in [0.25, 0.3) is 0 Å². The van der Waals surface area contributed by atoms with Gasteiger partial charge < -0.3 is 10.2 Å². The average Bonchev–Trinajstić information content (AvgIpc) is 3.44. The molecule has 218 valence electrons. The van der Waals surface area contributed by atoms with Crippen molar-refractivity contribution in [1.82, 2.24) is 10.2 Å². The van der Waals surface area contributed by atoms with Gasteiger partial charge in [-0.1, -0.05) is 72.4 Å². The zero-order valence-electron chi connectivity index (χ0n) is 22.6. The molecule has 0 aromatic heterocycles. The highest BCUT2D eigenvalue weighted by atomic mass is 35.5. The Morgan fingerprint density at radius 2 is 1.66 bits per heavy atom. The third-order valence-corrected chi connectivity index (χ3v) is 8.85. The second-order valence-corrected chi connectivity index (χ2v) is 12.9. The molecule has 41 heavy (non-hydrogen) atoms. The molecule has 0 radical (unpaired) electrons. The summed E-state index contributed by atoms with van der Waals surface area (Å²) < 4.78 is 40.1. The molecule has 1 aliphatic carbocycles. The quantitative estimate of drug-likeness (QED) is 0.303. The van der Waals surface area contributed by atoms with Crippen LogP contribution in [0.4, 0.5) is 10.1 Å². The Morgan fingerprint density at radius 3 is 2.27 bits per heavy atom. The number of nitrogens with zero attached hydrogens (tertiary/aromatic N) is 2. The Morgan fingerprint density at radius 1 is 1.00 bits per heavy atom. The first-order valence-corrected chi connectivity index (χ1v) is 15.9. The summed E-state index contributed by atoms with van der Waals surface area (Å²) in [5.74, 6) is -1.49. The Kier molecular flexibility index (Phi) is 10.3. The van der Waals surface area contributed by atoms with Crippen LogP contribution < -0.4 is 9.62 Å². The van der Waals surface area contributed by atoms with Crippen molar-refractivity contribution >= 4 is 50.7 Å². The van der Waals surface area contributed by atoms with Gasteiger partial charge in [0.2, 0.25) is 21.8 Å². The summed E-state index contributed by atoms with van der Waals surface area (Å²) in [6.07, 6.45) is 4.90. The van der Waals surface area contributed by atoms with E-state index < -0.39 is 34.3 Å². The van der Waals surface area contributed by atoms with Crippen LogP contribution in [0.2, 0.25) is 10.0 Å². The molecule has 1 saturated carbocycles. The summed E-state index contributed by atoms with van der Waals surface area (Å²) in [5, 5.41) is 3.83. The van der Waals surface area contributed by atoms with Crippen molar-refractivity contribution < 1.29 is 22.4 Å². The first kappa shape index (κ1) is 30.8. The summed E-state index contributed by atoms with van der Waals surface area (Å²) in [7, 11) is -3.95. The van der Waals surface area contributed by atoms with Gasteiger partial charge in [0.05, 0.1) is 11.9 Å². The number of carbonyl (C=O) groups is 2. The Labute approximate surface area is 250 Å². The molecule has 0 aliphatic heterocycles. The number of amides is 2. The van der Waals surface area contributed by atoms with Gasteiger partial charge in [0.1, 0.15) is 18.4 Å². The number of carbonyl (C=O) groups excluding carboxylic acids is 2. The van der Waals surface area contributed by atoms with Crippen molar-refractivity contribution in [3.8, 4) is 0 Å². The molecule has 1 atom stereocenters. The first-order chi connectivity index (χ1) is 19.5. The fraction of sp³-hybridized carbons (Fsp3) is 0.333. The van der Waals surface area contributed by atoms with E-state index in [2.05, 4.69) is 5.32 Å². The summed E-state index contributed by atoms with van der Waals surface area (Å²) in [5.41, 5.74) is 1.50. The summed E-state index contributed by atoms with van der Waals surface area (Å²) in [6, 6.07) is 18.0. The van der Waals surface area contributed by atoms with Gasteiger partial charge in [0, 0.05) is 29.1 Å². The van der Waals surface area contributed by atoms with Crippen LogP contribution in [0.5, 0.6) is 0 Å². The minimum atomic E-state index is -3.95. The van der Waals surface area contributed by atoms with Crippen LogP contribution in [0.15, 0.2) is 72.8 Å². The second kappa shape index (κ2) is 13.7. The molecular weight excluding hydrogens is 588 g/mol. The van der Waals surface area contributed by atoms with Crippen LogP contribution in [0.1, 0.15) is 36.8 Å². The third kappa shape index (κ3) is 8.44. The van der Waals surface area contributed by atoms with Crippen LogP contribution in [0, 0.1) is 5.82 Å². The second-order valence-electron chi connectivity index (χ2n) is 10.2. The van der Waals surface area contributed by atoms with Gasteiger partial charge >= 0.3 is 0 Å². The Balaban J connectivity index is 1.74. The number of hydrogen-bond donors (Lipinski definition) is 1. The van der Waals surface area contributed by atoms with Crippen molar-refractivity contribution in [2.24, 2.45) is 0 Å². The van der Waals surface area contributed by atoms with E-state index in [4.69, 9.17) is 23.2 Å². The zero-order valence-corrected chi connectivity index (χ0v) is 24.9. The molecule has 11 heteroatoms. The molecule has 2 amide bonds. The average molecular weight is 621 g/mol. The van der Waals surface area contributed by atoms with Gasteiger partial charge in [-0.05, 0) is 60.4 Å². The number of sulfonamides is 1. The molecule has 4 rings (SSSR count). The lowest BCUT2D eigenvalue weighted by atomic mass is 10.0. The van der Waals surface area contributed by atoms with Crippen molar-refractivity contribution in [1.29, 1.82) is 0 Å². The van der Waals surface area contributed by atoms with E-state index in [0.717, 1.165) is 53.9 Å². The summed E-state index contributed by atoms with van der Waals surface area (Å²) in [4.78, 5) is 29.3. The first-order valence-electron chi connectivity index (χ1n) is 13.3. The van der Waals surface area contributed by atoms with E-state index in [1.54, 1.807) is 18.2 Å². The number of halogens is 3. The van der Waals surface area contributed by atoms with Crippen molar-refractivity contribution in [2.45, 2.75) is 50.7 Å². The van der Waals surface area contributed by atoms with E-state index in [0.29, 0.717) is 15.6 Å². The van der Waals surface area contributed by atoms with Gasteiger partial charge in [-0.25, -0.2) is 12.8 Å². The minimum absolute atomic E-state index is 0.00331. The van der Waals surface area contributed by atoms with Gasteiger partial charge in [-0.15, -0.1) is 0 Å². The van der Waals surface area contributed by atoms with Gasteiger partial charge in [-0.3, -0.25) is 13.9 Å². The van der Waals surface area contributed by atoms with Crippen LogP contribution in [0.3, 0.4) is 0 Å². The highest BCUT2D eigenvalue weighted by Crippen LogP contribution is 2.26. The van der Waals surface area contributed by atoms with E-state index in [9.17, 15) is 22.4 Å². The highest BCUT2D eigenvalue weighted by molar-refractivity contribution is 7.92. The van der Waals surface area contributed by atoms with Gasteiger partial charge in [0.25, 0.3) is 0 Å². The molecule has 0 saturated heterocycles. The molecule has 0 unspecified atom stereocenters. The normalized spacial score (nSPS) is 14.4. The van der Waals surface area contributed by atoms with E-state index in [1.165, 1.54) is 17.0 Å². The summed E-state index contributed by atoms with van der Waals surface area (Å²) in [6.45, 7) is -0.664. The lowest BCUT2D eigenvalue weighted by Gasteiger charge is -2.34. The van der Waals surface area contributed by atoms with Crippen molar-refractivity contribution in [3.05, 3.63) is 99.8 Å². The van der Waals surface area contributed by atoms with Crippen LogP contribution in [-0.4, -0.2) is 50.0 Å². The fourth-order valence-electron chi connectivity index (χ4n) is 4.98. The Hall–Kier alpha value is -3.14. The molecule has 0 spiro atoms. The molecule has 1 fully saturated rings. The molecular formula is C30H32Cl2FN3O4S. The highest BCUT2D eigenvalue weighted by Gasteiger charge is 2.34. The monoisotopic (exact) mass is 619 g/mol. The van der Waals surface area contributed by atoms with Crippen LogP contribution >= 0.6 is 23.2 Å². The smallest absolute Gasteiger partial charge is 0.244 e. The van der Waals surface area contributed by atoms with E-state index in [1.807, 2.05) is 30.3 Å². The SMILES string of the molecule is CS(=O)(=O)N(CC(=O)N(Cc1ccc(Cl)cc1Cl)[C@@H](Cc1ccccc1)C(=O)NC1CCCC1)c1ccc(F)cc1. The van der Waals surface area contributed by atoms with Crippen molar-refractivity contribution in [2.75, 3.05) is 17.1 Å². The lowest BCUT2D eigenvalue weighted by Crippen LogP contribution is -2.54. The van der Waals surface area contributed by atoms with Crippen LogP contribution in [-0.2, 0) is 32.6 Å². The van der Waals surface area contributed by atoms with E-state index in [-0.39, 0.29) is 30.6 Å². The molecule has 1 aliphatic rings. The standard InChI is InChI=1S/C30H32Cl2FN3O4S/c1-41(39,40)36(26-15-13-24(33)14-16-26)20-29(37)35(19-22-11-12-23(31)18-27(22)32)28(17-21-7-3-2-4-8-21)30(38)34-25-9-5-6-10-25/h2-4,7-8,11-16,18,25,28H,5-6,9-10,17,19-20H2,1H3,(H,34,38)/t28-/m0/s1. The lowest BCUT2D eigenvalue weighted by molar-refractivity contribution is -0.140. The topological polar surface area (TPSA) is 86.8 Å². The number of benzene rings is 3. The van der Waals surface area contributed by atoms with E-state index >= 15 is 0 Å². The molecule has 3 aromatic carbocycles. The predicted molar refractivity (Wildman–Crippen MR) is 160 cm³/mol. The molecule has 1 N–H and O–H groups in total. The fourth-order valence-corrected chi connectivity index (χ4v) is 6.29. The minimum Gasteiger partial charge on any atom is -0.352 e. The number of rotatable bonds is 11. The predicted octanol–water partition coefficient (Wildman–Crippen LogP) is 5.60. The number of nitrogens with one attached hydrogen (secondary N) is 1. The Bertz CT molecular complexity index is 1470. The molecule has 0 heterocycles. The number of hydrogen-bond acceptors (Lipinski definition) is 4. The van der Waals surface area contributed by atoms with Gasteiger partial charge in [0.15, 0.2) is 0 Å². The maximum Gasteiger partial charge on any atom is 0.244 e. The molecule has 0 bridgehead atoms. The maximum atomic E-state index is 14.1. The molecule has 7 nitrogen and oxygen atoms in total. The third-order valence-electron chi connectivity index (χ3n) is 7.12. The van der Waals surface area contributed by atoms with Crippen molar-refractivity contribution in [3.63, 3.8) is 0 Å². The largest absolute Gasteiger partial charge is 0.352 e. The number of anilines is 1. The molecule has 3 aromatic rings. The maximum absolute atomic E-state index is 14.1. The zero-order chi connectivity index (χ0) is 29.6. The summed E-state index contributed by atoms with van der Waals surface area (Å²) >= 11 is 12.6. The van der Waals surface area contributed by atoms with Gasteiger partial charge in [-0.2, -0.15) is 0 Å².